The van der Waals surface area contributed by atoms with Gasteiger partial charge in [-0.1, -0.05) is 72.8 Å². The van der Waals surface area contributed by atoms with Gasteiger partial charge in [-0.25, -0.2) is 15.0 Å². The summed E-state index contributed by atoms with van der Waals surface area (Å²) in [7, 11) is 0. The average molecular weight is 634 g/mol. The van der Waals surface area contributed by atoms with Gasteiger partial charge in [0.2, 0.25) is 0 Å². The van der Waals surface area contributed by atoms with Crippen molar-refractivity contribution in [2.75, 3.05) is 0 Å². The summed E-state index contributed by atoms with van der Waals surface area (Å²) >= 11 is 0. The Hall–Kier alpha value is -6.07. The van der Waals surface area contributed by atoms with E-state index in [9.17, 15) is 0 Å². The summed E-state index contributed by atoms with van der Waals surface area (Å²) in [6.07, 6.45) is 0. The molecule has 0 saturated heterocycles. The fourth-order valence-corrected chi connectivity index (χ4v) is 7.57. The molecule has 9 rings (SSSR count). The van der Waals surface area contributed by atoms with Crippen molar-refractivity contribution in [3.05, 3.63) is 150 Å². The number of nitrogens with zero attached hydrogens (tertiary/aromatic N) is 5. The van der Waals surface area contributed by atoms with Gasteiger partial charge in [-0.05, 0) is 99.8 Å². The molecule has 3 heterocycles. The van der Waals surface area contributed by atoms with Gasteiger partial charge in [0.1, 0.15) is 11.6 Å². The lowest BCUT2D eigenvalue weighted by atomic mass is 9.96. The molecule has 3 aromatic heterocycles. The lowest BCUT2D eigenvalue weighted by molar-refractivity contribution is 0.928. The SMILES string of the molecule is Cc1ccc(-c2cc(-c3nc(C)nc(C)n3)ccc2-n2c3ccccc3c3ccc(C)cc32)c(-n2c3ccccc3c3ccc(C)cc32)c1. The zero-order valence-electron chi connectivity index (χ0n) is 28.3. The molecule has 0 N–H and O–H groups in total. The van der Waals surface area contributed by atoms with E-state index in [1.54, 1.807) is 0 Å². The van der Waals surface area contributed by atoms with Crippen LogP contribution in [0.5, 0.6) is 0 Å². The van der Waals surface area contributed by atoms with E-state index in [4.69, 9.17) is 9.97 Å². The first-order valence-electron chi connectivity index (χ1n) is 16.8. The topological polar surface area (TPSA) is 48.5 Å². The first-order chi connectivity index (χ1) is 23.8. The summed E-state index contributed by atoms with van der Waals surface area (Å²) in [6.45, 7) is 10.4. The molecule has 0 spiro atoms. The maximum Gasteiger partial charge on any atom is 0.163 e. The fourth-order valence-electron chi connectivity index (χ4n) is 7.57. The van der Waals surface area contributed by atoms with Crippen LogP contribution in [0.25, 0.3) is 77.5 Å². The van der Waals surface area contributed by atoms with Crippen molar-refractivity contribution in [1.82, 2.24) is 24.1 Å². The van der Waals surface area contributed by atoms with Crippen molar-refractivity contribution in [3.8, 4) is 33.9 Å². The lowest BCUT2D eigenvalue weighted by Gasteiger charge is -2.20. The standard InChI is InChI=1S/C44H35N5/c1-26-14-18-34-32-10-6-8-12-38(32)48(41(34)22-26)40-21-17-31(44-46-29(4)45-30(5)47-44)25-37(40)36-20-16-28(3)24-43(36)49-39-13-9-7-11-33(39)35-19-15-27(2)23-42(35)49/h6-25H,1-5H3. The molecule has 6 aromatic carbocycles. The van der Waals surface area contributed by atoms with Crippen LogP contribution in [0.2, 0.25) is 0 Å². The minimum absolute atomic E-state index is 0.678. The van der Waals surface area contributed by atoms with E-state index in [1.165, 1.54) is 60.3 Å². The third-order valence-electron chi connectivity index (χ3n) is 9.70. The summed E-state index contributed by atoms with van der Waals surface area (Å²) in [5.41, 5.74) is 13.8. The van der Waals surface area contributed by atoms with E-state index in [1.807, 2.05) is 13.8 Å². The van der Waals surface area contributed by atoms with Crippen LogP contribution < -0.4 is 0 Å². The van der Waals surface area contributed by atoms with Gasteiger partial charge >= 0.3 is 0 Å². The Balaban J connectivity index is 1.43. The highest BCUT2D eigenvalue weighted by Gasteiger charge is 2.22. The van der Waals surface area contributed by atoms with Gasteiger partial charge < -0.3 is 9.13 Å². The predicted octanol–water partition coefficient (Wildman–Crippen LogP) is 10.9. The summed E-state index contributed by atoms with van der Waals surface area (Å²) in [4.78, 5) is 14.0. The zero-order chi connectivity index (χ0) is 33.4. The van der Waals surface area contributed by atoms with Gasteiger partial charge in [0.05, 0.1) is 33.4 Å². The Bertz CT molecular complexity index is 2760. The number of benzene rings is 6. The molecular weight excluding hydrogens is 599 g/mol. The number of fused-ring (bicyclic) bond motifs is 6. The highest BCUT2D eigenvalue weighted by atomic mass is 15.0. The molecule has 0 fully saturated rings. The van der Waals surface area contributed by atoms with Crippen LogP contribution in [-0.2, 0) is 0 Å². The van der Waals surface area contributed by atoms with E-state index in [-0.39, 0.29) is 0 Å². The van der Waals surface area contributed by atoms with Crippen molar-refractivity contribution < 1.29 is 0 Å². The molecule has 0 atom stereocenters. The molecule has 236 valence electrons. The van der Waals surface area contributed by atoms with Crippen LogP contribution in [0.1, 0.15) is 28.3 Å². The summed E-state index contributed by atoms with van der Waals surface area (Å²) in [5.74, 6) is 2.10. The van der Waals surface area contributed by atoms with Gasteiger partial charge in [0, 0.05) is 38.2 Å². The van der Waals surface area contributed by atoms with Crippen LogP contribution in [-0.4, -0.2) is 24.1 Å². The molecule has 5 nitrogen and oxygen atoms in total. The number of hydrogen-bond donors (Lipinski definition) is 0. The van der Waals surface area contributed by atoms with Gasteiger partial charge in [-0.3, -0.25) is 0 Å². The van der Waals surface area contributed by atoms with Crippen LogP contribution in [0, 0.1) is 34.6 Å². The molecule has 0 saturated carbocycles. The molecule has 0 aliphatic heterocycles. The van der Waals surface area contributed by atoms with E-state index in [0.717, 1.165) is 28.1 Å². The number of aryl methyl sites for hydroxylation is 5. The predicted molar refractivity (Wildman–Crippen MR) is 203 cm³/mol. The molecule has 0 bridgehead atoms. The average Bonchev–Trinajstić information content (AvgIpc) is 3.59. The maximum absolute atomic E-state index is 4.79. The first kappa shape index (κ1) is 29.1. The van der Waals surface area contributed by atoms with E-state index < -0.39 is 0 Å². The second kappa shape index (κ2) is 11.0. The summed E-state index contributed by atoms with van der Waals surface area (Å²) < 4.78 is 4.88. The monoisotopic (exact) mass is 633 g/mol. The van der Waals surface area contributed by atoms with Gasteiger partial charge in [0.15, 0.2) is 5.82 Å². The number of rotatable bonds is 4. The van der Waals surface area contributed by atoms with Crippen LogP contribution >= 0.6 is 0 Å². The largest absolute Gasteiger partial charge is 0.309 e. The van der Waals surface area contributed by atoms with Crippen LogP contribution in [0.3, 0.4) is 0 Å². The Morgan fingerprint density at radius 2 is 0.898 bits per heavy atom. The highest BCUT2D eigenvalue weighted by molar-refractivity contribution is 6.11. The quantitative estimate of drug-likeness (QED) is 0.194. The summed E-state index contributed by atoms with van der Waals surface area (Å²) in [6, 6.07) is 44.5. The van der Waals surface area contributed by atoms with Crippen LogP contribution in [0.15, 0.2) is 121 Å². The minimum atomic E-state index is 0.678. The van der Waals surface area contributed by atoms with Crippen molar-refractivity contribution in [2.24, 2.45) is 0 Å². The molecule has 0 amide bonds. The first-order valence-corrected chi connectivity index (χ1v) is 16.8. The fraction of sp³-hybridized carbons (Fsp3) is 0.114. The molecule has 0 aliphatic carbocycles. The van der Waals surface area contributed by atoms with Crippen molar-refractivity contribution in [1.29, 1.82) is 0 Å². The Labute approximate surface area is 285 Å². The molecule has 0 aliphatic rings. The second-order valence-electron chi connectivity index (χ2n) is 13.3. The van der Waals surface area contributed by atoms with E-state index in [0.29, 0.717) is 17.5 Å². The van der Waals surface area contributed by atoms with Crippen LogP contribution in [0.4, 0.5) is 0 Å². The molecular formula is C44H35N5. The third-order valence-corrected chi connectivity index (χ3v) is 9.70. The van der Waals surface area contributed by atoms with E-state index in [2.05, 4.69) is 156 Å². The molecule has 0 radical (unpaired) electrons. The number of para-hydroxylation sites is 2. The maximum atomic E-state index is 4.79. The van der Waals surface area contributed by atoms with Gasteiger partial charge in [-0.2, -0.15) is 0 Å². The highest BCUT2D eigenvalue weighted by Crippen LogP contribution is 2.42. The Morgan fingerprint density at radius 1 is 0.388 bits per heavy atom. The number of aromatic nitrogens is 5. The second-order valence-corrected chi connectivity index (χ2v) is 13.3. The van der Waals surface area contributed by atoms with Gasteiger partial charge in [-0.15, -0.1) is 0 Å². The normalized spacial score (nSPS) is 11.8. The lowest BCUT2D eigenvalue weighted by Crippen LogP contribution is -2.04. The van der Waals surface area contributed by atoms with Crippen molar-refractivity contribution >= 4 is 43.6 Å². The Kier molecular flexibility index (Phi) is 6.53. The smallest absolute Gasteiger partial charge is 0.163 e. The minimum Gasteiger partial charge on any atom is -0.309 e. The summed E-state index contributed by atoms with van der Waals surface area (Å²) in [5, 5.41) is 4.96. The molecule has 0 unspecified atom stereocenters. The number of hydrogen-bond acceptors (Lipinski definition) is 3. The van der Waals surface area contributed by atoms with Gasteiger partial charge in [0.25, 0.3) is 0 Å². The Morgan fingerprint density at radius 3 is 1.51 bits per heavy atom. The van der Waals surface area contributed by atoms with Crippen molar-refractivity contribution in [2.45, 2.75) is 34.6 Å². The molecule has 49 heavy (non-hydrogen) atoms. The zero-order valence-corrected chi connectivity index (χ0v) is 28.3. The third kappa shape index (κ3) is 4.65. The van der Waals surface area contributed by atoms with E-state index >= 15 is 0 Å². The molecule has 5 heteroatoms. The van der Waals surface area contributed by atoms with Crippen molar-refractivity contribution in [3.63, 3.8) is 0 Å². The molecule has 9 aromatic rings.